The summed E-state index contributed by atoms with van der Waals surface area (Å²) in [6.45, 7) is 7.14. The van der Waals surface area contributed by atoms with Crippen LogP contribution >= 0.6 is 0 Å². The van der Waals surface area contributed by atoms with Crippen LogP contribution in [-0.4, -0.2) is 18.7 Å². The fourth-order valence-corrected chi connectivity index (χ4v) is 2.63. The van der Waals surface area contributed by atoms with Crippen molar-refractivity contribution in [3.05, 3.63) is 64.7 Å². The topological polar surface area (TPSA) is 23.5 Å². The molecule has 0 fully saturated rings. The smallest absolute Gasteiger partial charge is 0.0806 e. The van der Waals surface area contributed by atoms with Crippen LogP contribution in [0.3, 0.4) is 0 Å². The lowest BCUT2D eigenvalue weighted by Gasteiger charge is -2.23. The lowest BCUT2D eigenvalue weighted by molar-refractivity contribution is 0.170. The van der Waals surface area contributed by atoms with Gasteiger partial charge in [0, 0.05) is 19.3 Å². The molecule has 0 radical (unpaired) electrons. The van der Waals surface area contributed by atoms with Gasteiger partial charge in [0.25, 0.3) is 0 Å². The number of nitrogens with zero attached hydrogens (tertiary/aromatic N) is 1. The Hall–Kier alpha value is -1.80. The molecule has 112 valence electrons. The van der Waals surface area contributed by atoms with Gasteiger partial charge < -0.3 is 10.0 Å². The SMILES string of the molecule is Cc1ccc(C(O)CCN(C)c2ccc(C)cc2C)cc1. The minimum Gasteiger partial charge on any atom is -0.388 e. The maximum atomic E-state index is 10.3. The molecule has 0 amide bonds. The van der Waals surface area contributed by atoms with Crippen LogP contribution in [-0.2, 0) is 0 Å². The van der Waals surface area contributed by atoms with Crippen LogP contribution in [0, 0.1) is 20.8 Å². The van der Waals surface area contributed by atoms with Crippen LogP contribution in [0.5, 0.6) is 0 Å². The quantitative estimate of drug-likeness (QED) is 0.890. The van der Waals surface area contributed by atoms with E-state index in [-0.39, 0.29) is 0 Å². The number of anilines is 1. The van der Waals surface area contributed by atoms with Crippen LogP contribution < -0.4 is 4.90 Å². The Morgan fingerprint density at radius 1 is 0.952 bits per heavy atom. The Balaban J connectivity index is 1.97. The standard InChI is InChI=1S/C19H25NO/c1-14-5-8-17(9-6-14)19(21)11-12-20(4)18-10-7-15(2)13-16(18)3/h5-10,13,19,21H,11-12H2,1-4H3. The van der Waals surface area contributed by atoms with Crippen molar-refractivity contribution in [2.45, 2.75) is 33.3 Å². The number of hydrogen-bond donors (Lipinski definition) is 1. The molecule has 0 aromatic heterocycles. The summed E-state index contributed by atoms with van der Waals surface area (Å²) < 4.78 is 0. The van der Waals surface area contributed by atoms with Crippen molar-refractivity contribution in [1.29, 1.82) is 0 Å². The highest BCUT2D eigenvalue weighted by Crippen LogP contribution is 2.22. The molecule has 0 aliphatic heterocycles. The number of aliphatic hydroxyl groups is 1. The first-order valence-electron chi connectivity index (χ1n) is 7.50. The molecule has 0 saturated heterocycles. The van der Waals surface area contributed by atoms with Crippen molar-refractivity contribution in [3.63, 3.8) is 0 Å². The van der Waals surface area contributed by atoms with Gasteiger partial charge in [0.05, 0.1) is 6.10 Å². The second-order valence-electron chi connectivity index (χ2n) is 5.93. The van der Waals surface area contributed by atoms with Crippen molar-refractivity contribution in [2.75, 3.05) is 18.5 Å². The lowest BCUT2D eigenvalue weighted by atomic mass is 10.0. The molecule has 1 atom stereocenters. The fraction of sp³-hybridized carbons (Fsp3) is 0.368. The largest absolute Gasteiger partial charge is 0.388 e. The van der Waals surface area contributed by atoms with Gasteiger partial charge in [-0.25, -0.2) is 0 Å². The summed E-state index contributed by atoms with van der Waals surface area (Å²) in [5.74, 6) is 0. The van der Waals surface area contributed by atoms with Gasteiger partial charge in [0.1, 0.15) is 0 Å². The minimum absolute atomic E-state index is 0.404. The normalized spacial score (nSPS) is 12.2. The summed E-state index contributed by atoms with van der Waals surface area (Å²) in [4.78, 5) is 2.21. The summed E-state index contributed by atoms with van der Waals surface area (Å²) >= 11 is 0. The van der Waals surface area contributed by atoms with E-state index in [4.69, 9.17) is 0 Å². The molecular weight excluding hydrogens is 258 g/mol. The summed E-state index contributed by atoms with van der Waals surface area (Å²) in [5.41, 5.74) is 6.01. The van der Waals surface area contributed by atoms with E-state index >= 15 is 0 Å². The average molecular weight is 283 g/mol. The third kappa shape index (κ3) is 4.08. The molecule has 2 heteroatoms. The third-order valence-corrected chi connectivity index (χ3v) is 3.96. The molecule has 1 unspecified atom stereocenters. The minimum atomic E-state index is -0.404. The first kappa shape index (κ1) is 15.6. The van der Waals surface area contributed by atoms with Crippen molar-refractivity contribution in [1.82, 2.24) is 0 Å². The summed E-state index contributed by atoms with van der Waals surface area (Å²) in [7, 11) is 2.08. The Kier molecular flexibility index (Phi) is 5.03. The highest BCUT2D eigenvalue weighted by Gasteiger charge is 2.10. The van der Waals surface area contributed by atoms with Crippen LogP contribution in [0.4, 0.5) is 5.69 Å². The van der Waals surface area contributed by atoms with Gasteiger partial charge in [-0.2, -0.15) is 0 Å². The van der Waals surface area contributed by atoms with Crippen LogP contribution in [0.25, 0.3) is 0 Å². The van der Waals surface area contributed by atoms with Crippen molar-refractivity contribution in [3.8, 4) is 0 Å². The number of aryl methyl sites for hydroxylation is 3. The second kappa shape index (κ2) is 6.77. The Morgan fingerprint density at radius 3 is 2.19 bits per heavy atom. The molecule has 2 aromatic carbocycles. The molecule has 2 nitrogen and oxygen atoms in total. The second-order valence-corrected chi connectivity index (χ2v) is 5.93. The number of hydrogen-bond acceptors (Lipinski definition) is 2. The monoisotopic (exact) mass is 283 g/mol. The highest BCUT2D eigenvalue weighted by atomic mass is 16.3. The van der Waals surface area contributed by atoms with Gasteiger partial charge in [-0.1, -0.05) is 47.5 Å². The molecule has 2 rings (SSSR count). The van der Waals surface area contributed by atoms with Crippen molar-refractivity contribution < 1.29 is 5.11 Å². The molecule has 1 N–H and O–H groups in total. The molecular formula is C19H25NO. The van der Waals surface area contributed by atoms with Crippen molar-refractivity contribution >= 4 is 5.69 Å². The number of benzene rings is 2. The lowest BCUT2D eigenvalue weighted by Crippen LogP contribution is -2.21. The third-order valence-electron chi connectivity index (χ3n) is 3.96. The van der Waals surface area contributed by atoms with E-state index in [0.717, 1.165) is 18.5 Å². The van der Waals surface area contributed by atoms with Gasteiger partial charge in [0.2, 0.25) is 0 Å². The van der Waals surface area contributed by atoms with Crippen LogP contribution in [0.2, 0.25) is 0 Å². The van der Waals surface area contributed by atoms with E-state index in [2.05, 4.69) is 50.9 Å². The zero-order valence-corrected chi connectivity index (χ0v) is 13.4. The van der Waals surface area contributed by atoms with E-state index in [1.807, 2.05) is 24.3 Å². The molecule has 0 aliphatic carbocycles. The zero-order valence-electron chi connectivity index (χ0n) is 13.4. The van der Waals surface area contributed by atoms with E-state index < -0.39 is 6.10 Å². The molecule has 0 spiro atoms. The van der Waals surface area contributed by atoms with Gasteiger partial charge in [-0.3, -0.25) is 0 Å². The fourth-order valence-electron chi connectivity index (χ4n) is 2.63. The number of aliphatic hydroxyl groups excluding tert-OH is 1. The highest BCUT2D eigenvalue weighted by molar-refractivity contribution is 5.53. The maximum Gasteiger partial charge on any atom is 0.0806 e. The predicted molar refractivity (Wildman–Crippen MR) is 89.9 cm³/mol. The van der Waals surface area contributed by atoms with Crippen LogP contribution in [0.15, 0.2) is 42.5 Å². The van der Waals surface area contributed by atoms with E-state index in [1.54, 1.807) is 0 Å². The Morgan fingerprint density at radius 2 is 1.57 bits per heavy atom. The maximum absolute atomic E-state index is 10.3. The molecule has 0 bridgehead atoms. The predicted octanol–water partition coefficient (Wildman–Crippen LogP) is 4.17. The average Bonchev–Trinajstić information content (AvgIpc) is 2.45. The van der Waals surface area contributed by atoms with Gasteiger partial charge in [-0.05, 0) is 44.4 Å². The van der Waals surface area contributed by atoms with Gasteiger partial charge in [-0.15, -0.1) is 0 Å². The van der Waals surface area contributed by atoms with E-state index in [9.17, 15) is 5.11 Å². The molecule has 21 heavy (non-hydrogen) atoms. The van der Waals surface area contributed by atoms with Crippen molar-refractivity contribution in [2.24, 2.45) is 0 Å². The molecule has 0 aliphatic rings. The van der Waals surface area contributed by atoms with Gasteiger partial charge in [0.15, 0.2) is 0 Å². The summed E-state index contributed by atoms with van der Waals surface area (Å²) in [6.07, 6.45) is 0.325. The van der Waals surface area contributed by atoms with E-state index in [1.165, 1.54) is 22.4 Å². The summed E-state index contributed by atoms with van der Waals surface area (Å²) in [5, 5.41) is 10.3. The Bertz CT molecular complexity index is 589. The van der Waals surface area contributed by atoms with E-state index in [0.29, 0.717) is 0 Å². The molecule has 2 aromatic rings. The first-order valence-corrected chi connectivity index (χ1v) is 7.50. The van der Waals surface area contributed by atoms with Crippen LogP contribution in [0.1, 0.15) is 34.8 Å². The Labute approximate surface area is 128 Å². The molecule has 0 saturated carbocycles. The number of rotatable bonds is 5. The summed E-state index contributed by atoms with van der Waals surface area (Å²) in [6, 6.07) is 14.6. The molecule has 0 heterocycles. The first-order chi connectivity index (χ1) is 9.97. The zero-order chi connectivity index (χ0) is 15.4. The van der Waals surface area contributed by atoms with Gasteiger partial charge >= 0.3 is 0 Å².